The van der Waals surface area contributed by atoms with Crippen molar-refractivity contribution in [1.29, 1.82) is 0 Å². The van der Waals surface area contributed by atoms with Crippen molar-refractivity contribution in [3.8, 4) is 5.75 Å². The molecule has 1 aromatic carbocycles. The van der Waals surface area contributed by atoms with E-state index in [0.717, 1.165) is 48.0 Å². The van der Waals surface area contributed by atoms with E-state index in [1.165, 1.54) is 0 Å². The van der Waals surface area contributed by atoms with Crippen molar-refractivity contribution in [2.45, 2.75) is 55.8 Å². The molecule has 0 spiro atoms. The van der Waals surface area contributed by atoms with Gasteiger partial charge in [0.2, 0.25) is 5.16 Å². The van der Waals surface area contributed by atoms with Crippen LogP contribution in [0.3, 0.4) is 0 Å². The molecule has 2 unspecified atom stereocenters. The minimum Gasteiger partial charge on any atom is -0.493 e. The molecule has 6 nitrogen and oxygen atoms in total. The molecule has 0 amide bonds. The van der Waals surface area contributed by atoms with Crippen LogP contribution in [0, 0.1) is 0 Å². The first-order valence-corrected chi connectivity index (χ1v) is 10.8. The van der Waals surface area contributed by atoms with E-state index in [4.69, 9.17) is 9.47 Å². The van der Waals surface area contributed by atoms with E-state index >= 15 is 0 Å². The molecule has 0 bridgehead atoms. The monoisotopic (exact) mass is 401 g/mol. The summed E-state index contributed by atoms with van der Waals surface area (Å²) in [5.74, 6) is 0.738. The molecule has 3 aromatic rings. The maximum absolute atomic E-state index is 13.2. The van der Waals surface area contributed by atoms with Crippen molar-refractivity contribution in [1.82, 2.24) is 15.0 Å². The molecule has 2 aromatic heterocycles. The van der Waals surface area contributed by atoms with Crippen molar-refractivity contribution in [2.75, 3.05) is 13.7 Å². The van der Waals surface area contributed by atoms with Gasteiger partial charge in [-0.05, 0) is 31.0 Å². The van der Waals surface area contributed by atoms with Crippen LogP contribution in [0.25, 0.3) is 11.0 Å². The van der Waals surface area contributed by atoms with Gasteiger partial charge in [0.15, 0.2) is 0 Å². The van der Waals surface area contributed by atoms with E-state index in [9.17, 15) is 4.21 Å². The lowest BCUT2D eigenvalue weighted by Gasteiger charge is -2.16. The van der Waals surface area contributed by atoms with Crippen molar-refractivity contribution >= 4 is 21.8 Å². The molecule has 3 rings (SSSR count). The second kappa shape index (κ2) is 9.80. The fourth-order valence-corrected chi connectivity index (χ4v) is 4.28. The third-order valence-corrected chi connectivity index (χ3v) is 5.93. The number of hydrogen-bond donors (Lipinski definition) is 1. The van der Waals surface area contributed by atoms with E-state index in [0.29, 0.717) is 16.8 Å². The Hall–Kier alpha value is -2.25. The summed E-state index contributed by atoms with van der Waals surface area (Å²) in [7, 11) is 0.217. The zero-order valence-corrected chi connectivity index (χ0v) is 17.4. The summed E-state index contributed by atoms with van der Waals surface area (Å²) in [5, 5.41) is 0.922. The Morgan fingerprint density at radius 1 is 1.21 bits per heavy atom. The van der Waals surface area contributed by atoms with Crippen LogP contribution in [-0.2, 0) is 22.0 Å². The van der Waals surface area contributed by atoms with E-state index in [-0.39, 0.29) is 6.10 Å². The number of fused-ring (bicyclic) bond motifs is 1. The van der Waals surface area contributed by atoms with Crippen LogP contribution in [0.5, 0.6) is 5.75 Å². The summed E-state index contributed by atoms with van der Waals surface area (Å²) in [6, 6.07) is 9.49. The Labute approximate surface area is 168 Å². The number of rotatable bonds is 10. The summed E-state index contributed by atoms with van der Waals surface area (Å²) in [4.78, 5) is 12.0. The van der Waals surface area contributed by atoms with Gasteiger partial charge in [0.1, 0.15) is 21.6 Å². The van der Waals surface area contributed by atoms with E-state index in [1.807, 2.05) is 30.3 Å². The number of nitrogens with zero attached hydrogens (tertiary/aromatic N) is 2. The molecule has 2 heterocycles. The van der Waals surface area contributed by atoms with E-state index < -0.39 is 10.8 Å². The number of imidazole rings is 1. The van der Waals surface area contributed by atoms with E-state index in [2.05, 4.69) is 28.8 Å². The highest BCUT2D eigenvalue weighted by atomic mass is 32.2. The molecule has 0 aliphatic heterocycles. The highest BCUT2D eigenvalue weighted by Crippen LogP contribution is 2.28. The van der Waals surface area contributed by atoms with Crippen molar-refractivity contribution < 1.29 is 13.7 Å². The maximum atomic E-state index is 13.2. The molecular formula is C21H27N3O3S. The van der Waals surface area contributed by atoms with Gasteiger partial charge in [0, 0.05) is 25.3 Å². The quantitative estimate of drug-likeness (QED) is 0.549. The van der Waals surface area contributed by atoms with Gasteiger partial charge in [-0.15, -0.1) is 0 Å². The van der Waals surface area contributed by atoms with Crippen LogP contribution in [0.15, 0.2) is 46.7 Å². The lowest BCUT2D eigenvalue weighted by molar-refractivity contribution is 0.0782. The molecular weight excluding hydrogens is 374 g/mol. The number of methoxy groups -OCH3 is 1. The Balaban J connectivity index is 1.86. The number of hydrogen-bond acceptors (Lipinski definition) is 5. The van der Waals surface area contributed by atoms with Crippen molar-refractivity contribution in [2.24, 2.45) is 0 Å². The van der Waals surface area contributed by atoms with Gasteiger partial charge in [0.25, 0.3) is 0 Å². The smallest absolute Gasteiger partial charge is 0.204 e. The molecule has 0 fully saturated rings. The molecule has 28 heavy (non-hydrogen) atoms. The summed E-state index contributed by atoms with van der Waals surface area (Å²) in [5.41, 5.74) is 2.54. The minimum atomic E-state index is -1.50. The highest BCUT2D eigenvalue weighted by Gasteiger charge is 2.20. The maximum Gasteiger partial charge on any atom is 0.204 e. The minimum absolute atomic E-state index is 0.181. The molecule has 0 aliphatic rings. The average Bonchev–Trinajstić information content (AvgIpc) is 3.16. The molecule has 150 valence electrons. The third kappa shape index (κ3) is 4.59. The van der Waals surface area contributed by atoms with Crippen molar-refractivity contribution in [3.63, 3.8) is 0 Å². The lowest BCUT2D eigenvalue weighted by Crippen LogP contribution is -2.14. The lowest BCUT2D eigenvalue weighted by atomic mass is 10.1. The first-order valence-electron chi connectivity index (χ1n) is 9.67. The Bertz CT molecular complexity index is 905. The van der Waals surface area contributed by atoms with Crippen LogP contribution in [0.4, 0.5) is 0 Å². The van der Waals surface area contributed by atoms with Gasteiger partial charge in [0.05, 0.1) is 23.7 Å². The number of aromatic amines is 1. The topological polar surface area (TPSA) is 77.1 Å². The fraction of sp³-hybridized carbons (Fsp3) is 0.429. The number of aromatic nitrogens is 3. The van der Waals surface area contributed by atoms with Crippen LogP contribution in [0.2, 0.25) is 0 Å². The van der Waals surface area contributed by atoms with Crippen LogP contribution >= 0.6 is 0 Å². The first-order chi connectivity index (χ1) is 13.7. The molecule has 0 radical (unpaired) electrons. The Kier molecular flexibility index (Phi) is 7.17. The molecule has 2 atom stereocenters. The predicted octanol–water partition coefficient (Wildman–Crippen LogP) is 4.27. The van der Waals surface area contributed by atoms with Gasteiger partial charge in [-0.3, -0.25) is 0 Å². The SMILES string of the molecule is CCCc1c(OCCC(CC)OC)ccnc1S(=O)c1nc2ccccc2[nH]1. The third-order valence-electron chi connectivity index (χ3n) is 4.68. The number of para-hydroxylation sites is 2. The zero-order valence-electron chi connectivity index (χ0n) is 16.6. The molecule has 0 saturated heterocycles. The summed E-state index contributed by atoms with van der Waals surface area (Å²) >= 11 is 0. The molecule has 1 N–H and O–H groups in total. The molecule has 7 heteroatoms. The number of nitrogens with one attached hydrogen (secondary N) is 1. The van der Waals surface area contributed by atoms with Gasteiger partial charge < -0.3 is 14.5 Å². The summed E-state index contributed by atoms with van der Waals surface area (Å²) in [6.07, 6.45) is 5.23. The summed E-state index contributed by atoms with van der Waals surface area (Å²) < 4.78 is 24.7. The molecule has 0 saturated carbocycles. The van der Waals surface area contributed by atoms with Crippen molar-refractivity contribution in [3.05, 3.63) is 42.1 Å². The average molecular weight is 402 g/mol. The highest BCUT2D eigenvalue weighted by molar-refractivity contribution is 7.84. The normalized spacial score (nSPS) is 13.5. The fourth-order valence-electron chi connectivity index (χ4n) is 3.13. The number of benzene rings is 1. The van der Waals surface area contributed by atoms with Gasteiger partial charge in [-0.1, -0.05) is 32.4 Å². The first kappa shape index (κ1) is 20.5. The Morgan fingerprint density at radius 3 is 2.75 bits per heavy atom. The van der Waals surface area contributed by atoms with Crippen LogP contribution in [0.1, 0.15) is 38.7 Å². The number of pyridine rings is 1. The van der Waals surface area contributed by atoms with E-state index in [1.54, 1.807) is 13.3 Å². The molecule has 0 aliphatic carbocycles. The zero-order chi connectivity index (χ0) is 19.9. The Morgan fingerprint density at radius 2 is 2.04 bits per heavy atom. The van der Waals surface area contributed by atoms with Gasteiger partial charge in [-0.25, -0.2) is 14.2 Å². The second-order valence-corrected chi connectivity index (χ2v) is 7.88. The largest absolute Gasteiger partial charge is 0.493 e. The number of H-pyrrole nitrogens is 1. The van der Waals surface area contributed by atoms with Gasteiger partial charge in [-0.2, -0.15) is 0 Å². The van der Waals surface area contributed by atoms with Crippen LogP contribution < -0.4 is 4.74 Å². The number of ether oxygens (including phenoxy) is 2. The van der Waals surface area contributed by atoms with Gasteiger partial charge >= 0.3 is 0 Å². The summed E-state index contributed by atoms with van der Waals surface area (Å²) in [6.45, 7) is 4.73. The standard InChI is InChI=1S/C21H27N3O3S/c1-4-8-16-19(27-14-12-15(5-2)26-3)11-13-22-20(16)28(25)21-23-17-9-6-7-10-18(17)24-21/h6-7,9-11,13,15H,4-5,8,12,14H2,1-3H3,(H,23,24). The predicted molar refractivity (Wildman–Crippen MR) is 110 cm³/mol. The second-order valence-electron chi connectivity index (χ2n) is 6.57. The van der Waals surface area contributed by atoms with Crippen LogP contribution in [-0.4, -0.2) is 39.0 Å².